The number of halogens is 1. The first-order valence-corrected chi connectivity index (χ1v) is 7.94. The molecular formula is C19H19FN2O. The van der Waals surface area contributed by atoms with Crippen molar-refractivity contribution in [2.24, 2.45) is 0 Å². The summed E-state index contributed by atoms with van der Waals surface area (Å²) in [6, 6.07) is 14.2. The molecule has 0 radical (unpaired) electrons. The number of hydrogen-bond acceptors (Lipinski definition) is 3. The molecule has 2 aromatic rings. The second kappa shape index (κ2) is 7.15. The van der Waals surface area contributed by atoms with E-state index in [9.17, 15) is 4.39 Å². The van der Waals surface area contributed by atoms with Gasteiger partial charge in [0.05, 0.1) is 17.7 Å². The highest BCUT2D eigenvalue weighted by Crippen LogP contribution is 2.26. The van der Waals surface area contributed by atoms with Gasteiger partial charge in [0.25, 0.3) is 0 Å². The molecule has 0 amide bonds. The molecule has 3 rings (SSSR count). The third-order valence-electron chi connectivity index (χ3n) is 4.10. The second-order valence-corrected chi connectivity index (χ2v) is 5.82. The largest absolute Gasteiger partial charge is 0.490 e. The quantitative estimate of drug-likeness (QED) is 0.875. The molecule has 0 unspecified atom stereocenters. The second-order valence-electron chi connectivity index (χ2n) is 5.82. The lowest BCUT2D eigenvalue weighted by Gasteiger charge is -2.14. The number of nitrogens with zero attached hydrogens (tertiary/aromatic N) is 1. The Morgan fingerprint density at radius 3 is 2.74 bits per heavy atom. The normalized spacial score (nSPS) is 14.4. The molecule has 3 nitrogen and oxygen atoms in total. The molecule has 1 N–H and O–H groups in total. The molecule has 1 aliphatic carbocycles. The van der Waals surface area contributed by atoms with Crippen LogP contribution in [0.2, 0.25) is 0 Å². The minimum absolute atomic E-state index is 0.321. The van der Waals surface area contributed by atoms with E-state index in [1.165, 1.54) is 18.9 Å². The Bertz CT molecular complexity index is 718. The van der Waals surface area contributed by atoms with E-state index in [2.05, 4.69) is 5.32 Å². The van der Waals surface area contributed by atoms with Gasteiger partial charge in [-0.2, -0.15) is 5.26 Å². The molecule has 2 aromatic carbocycles. The van der Waals surface area contributed by atoms with Gasteiger partial charge in [0.1, 0.15) is 11.6 Å². The number of rotatable bonds is 5. The average molecular weight is 310 g/mol. The zero-order chi connectivity index (χ0) is 16.1. The van der Waals surface area contributed by atoms with Gasteiger partial charge in [-0.25, -0.2) is 4.39 Å². The fourth-order valence-corrected chi connectivity index (χ4v) is 2.84. The Morgan fingerprint density at radius 1 is 1.17 bits per heavy atom. The lowest BCUT2D eigenvalue weighted by atomic mass is 10.1. The Morgan fingerprint density at radius 2 is 2.00 bits per heavy atom. The maximum absolute atomic E-state index is 13.9. The summed E-state index contributed by atoms with van der Waals surface area (Å²) < 4.78 is 19.8. The summed E-state index contributed by atoms with van der Waals surface area (Å²) in [6.07, 6.45) is 5.03. The van der Waals surface area contributed by atoms with E-state index < -0.39 is 0 Å². The fraction of sp³-hybridized carbons (Fsp3) is 0.316. The van der Waals surface area contributed by atoms with Gasteiger partial charge in [-0.05, 0) is 49.9 Å². The zero-order valence-corrected chi connectivity index (χ0v) is 12.9. The minimum atomic E-state index is -0.366. The highest BCUT2D eigenvalue weighted by atomic mass is 19.1. The maximum atomic E-state index is 13.9. The van der Waals surface area contributed by atoms with Crippen LogP contribution in [0.1, 0.15) is 36.8 Å². The molecule has 23 heavy (non-hydrogen) atoms. The van der Waals surface area contributed by atoms with Crippen molar-refractivity contribution in [2.75, 3.05) is 5.32 Å². The number of nitrogens with one attached hydrogen (secondary N) is 1. The first-order chi connectivity index (χ1) is 11.2. The van der Waals surface area contributed by atoms with Crippen molar-refractivity contribution in [3.05, 3.63) is 59.4 Å². The Balaban J connectivity index is 1.63. The lowest BCUT2D eigenvalue weighted by molar-refractivity contribution is 0.210. The fourth-order valence-electron chi connectivity index (χ4n) is 2.84. The molecule has 0 saturated heterocycles. The van der Waals surface area contributed by atoms with E-state index in [-0.39, 0.29) is 5.82 Å². The summed E-state index contributed by atoms with van der Waals surface area (Å²) in [5, 5.41) is 12.0. The number of anilines is 1. The first kappa shape index (κ1) is 15.4. The van der Waals surface area contributed by atoms with E-state index in [1.807, 2.05) is 30.3 Å². The van der Waals surface area contributed by atoms with Gasteiger partial charge >= 0.3 is 0 Å². The molecule has 0 heterocycles. The van der Waals surface area contributed by atoms with Gasteiger partial charge in [0.15, 0.2) is 0 Å². The molecule has 118 valence electrons. The predicted molar refractivity (Wildman–Crippen MR) is 87.8 cm³/mol. The molecule has 1 saturated carbocycles. The lowest BCUT2D eigenvalue weighted by Crippen LogP contribution is -2.11. The molecule has 0 aromatic heterocycles. The molecule has 4 heteroatoms. The predicted octanol–water partition coefficient (Wildman–Crippen LogP) is 4.63. The molecular weight excluding hydrogens is 291 g/mol. The van der Waals surface area contributed by atoms with Crippen LogP contribution >= 0.6 is 0 Å². The van der Waals surface area contributed by atoms with Crippen LogP contribution in [0.4, 0.5) is 10.1 Å². The van der Waals surface area contributed by atoms with Crippen LogP contribution in [-0.2, 0) is 6.54 Å². The monoisotopic (exact) mass is 310 g/mol. The van der Waals surface area contributed by atoms with Gasteiger partial charge in [0.2, 0.25) is 0 Å². The highest BCUT2D eigenvalue weighted by molar-refractivity contribution is 5.49. The first-order valence-electron chi connectivity index (χ1n) is 7.94. The zero-order valence-electron chi connectivity index (χ0n) is 12.9. The average Bonchev–Trinajstić information content (AvgIpc) is 3.07. The third kappa shape index (κ3) is 4.01. The topological polar surface area (TPSA) is 45.0 Å². The molecule has 0 aliphatic heterocycles. The van der Waals surface area contributed by atoms with Crippen LogP contribution < -0.4 is 10.1 Å². The summed E-state index contributed by atoms with van der Waals surface area (Å²) in [5.41, 5.74) is 1.76. The van der Waals surface area contributed by atoms with Crippen molar-refractivity contribution in [1.29, 1.82) is 5.26 Å². The number of nitriles is 1. The van der Waals surface area contributed by atoms with Gasteiger partial charge in [-0.1, -0.05) is 12.1 Å². The van der Waals surface area contributed by atoms with Crippen LogP contribution in [0, 0.1) is 17.1 Å². The smallest absolute Gasteiger partial charge is 0.129 e. The molecule has 1 fully saturated rings. The van der Waals surface area contributed by atoms with Crippen LogP contribution in [0.5, 0.6) is 5.75 Å². The van der Waals surface area contributed by atoms with Gasteiger partial charge in [-0.3, -0.25) is 0 Å². The number of hydrogen-bond donors (Lipinski definition) is 1. The Labute approximate surface area is 135 Å². The van der Waals surface area contributed by atoms with Crippen LogP contribution in [0.3, 0.4) is 0 Å². The summed E-state index contributed by atoms with van der Waals surface area (Å²) in [6.45, 7) is 0.365. The molecule has 0 atom stereocenters. The van der Waals surface area contributed by atoms with E-state index in [1.54, 1.807) is 12.1 Å². The van der Waals surface area contributed by atoms with E-state index in [0.717, 1.165) is 24.3 Å². The SMILES string of the molecule is N#Cc1ccc(CNc2cccc(OC3CCCC3)c2)c(F)c1. The Kier molecular flexibility index (Phi) is 4.77. The van der Waals surface area contributed by atoms with Crippen molar-refractivity contribution in [2.45, 2.75) is 38.3 Å². The van der Waals surface area contributed by atoms with E-state index in [4.69, 9.17) is 10.00 Å². The summed E-state index contributed by atoms with van der Waals surface area (Å²) in [7, 11) is 0. The van der Waals surface area contributed by atoms with Crippen molar-refractivity contribution >= 4 is 5.69 Å². The molecule has 0 bridgehead atoms. The van der Waals surface area contributed by atoms with Crippen molar-refractivity contribution in [3.63, 3.8) is 0 Å². The minimum Gasteiger partial charge on any atom is -0.490 e. The number of benzene rings is 2. The van der Waals surface area contributed by atoms with E-state index in [0.29, 0.717) is 23.8 Å². The summed E-state index contributed by atoms with van der Waals surface area (Å²) >= 11 is 0. The van der Waals surface area contributed by atoms with Crippen LogP contribution in [-0.4, -0.2) is 6.10 Å². The maximum Gasteiger partial charge on any atom is 0.129 e. The van der Waals surface area contributed by atoms with Gasteiger partial charge < -0.3 is 10.1 Å². The van der Waals surface area contributed by atoms with Crippen molar-refractivity contribution < 1.29 is 9.13 Å². The molecule has 0 spiro atoms. The molecule has 1 aliphatic rings. The van der Waals surface area contributed by atoms with E-state index >= 15 is 0 Å². The van der Waals surface area contributed by atoms with Crippen LogP contribution in [0.25, 0.3) is 0 Å². The summed E-state index contributed by atoms with van der Waals surface area (Å²) in [5.74, 6) is 0.483. The van der Waals surface area contributed by atoms with Gasteiger partial charge in [-0.15, -0.1) is 0 Å². The third-order valence-corrected chi connectivity index (χ3v) is 4.10. The number of ether oxygens (including phenoxy) is 1. The Hall–Kier alpha value is -2.54. The van der Waals surface area contributed by atoms with Crippen molar-refractivity contribution in [3.8, 4) is 11.8 Å². The summed E-state index contributed by atoms with van der Waals surface area (Å²) in [4.78, 5) is 0. The highest BCUT2D eigenvalue weighted by Gasteiger charge is 2.16. The van der Waals surface area contributed by atoms with Crippen LogP contribution in [0.15, 0.2) is 42.5 Å². The van der Waals surface area contributed by atoms with Gasteiger partial charge in [0, 0.05) is 23.9 Å². The van der Waals surface area contributed by atoms with Crippen molar-refractivity contribution in [1.82, 2.24) is 0 Å². The standard InChI is InChI=1S/C19H19FN2O/c20-19-10-14(12-21)8-9-15(19)13-22-16-4-3-7-18(11-16)23-17-5-1-2-6-17/h3-4,7-11,17,22H,1-2,5-6,13H2.